The third-order valence-corrected chi connectivity index (χ3v) is 7.80. The van der Waals surface area contributed by atoms with E-state index in [4.69, 9.17) is 17.3 Å². The van der Waals surface area contributed by atoms with Gasteiger partial charge < -0.3 is 10.4 Å². The molecule has 2 amide bonds. The van der Waals surface area contributed by atoms with Gasteiger partial charge in [0.2, 0.25) is 5.91 Å². The fourth-order valence-electron chi connectivity index (χ4n) is 3.68. The number of thioether (sulfide) groups is 1. The van der Waals surface area contributed by atoms with Crippen molar-refractivity contribution < 1.29 is 19.5 Å². The van der Waals surface area contributed by atoms with Crippen LogP contribution in [0.25, 0.3) is 28.2 Å². The SMILES string of the molecule is O=C(CCN1C(=O)C(=Cc2cc(-c3ccc4nccnc4c3)cs2)SC1=S)Nc1ccc(C(=O)O)cc1. The number of rotatable bonds is 7. The summed E-state index contributed by atoms with van der Waals surface area (Å²) in [5.74, 6) is -1.57. The minimum Gasteiger partial charge on any atom is -0.478 e. The molecule has 0 unspecified atom stereocenters. The number of thiophene rings is 1. The first-order valence-corrected chi connectivity index (χ1v) is 13.2. The van der Waals surface area contributed by atoms with Crippen molar-refractivity contribution in [2.24, 2.45) is 0 Å². The first-order chi connectivity index (χ1) is 17.9. The molecule has 0 bridgehead atoms. The number of carboxylic acid groups (broad SMARTS) is 1. The van der Waals surface area contributed by atoms with Crippen LogP contribution in [0.3, 0.4) is 0 Å². The molecule has 11 heteroatoms. The zero-order valence-corrected chi connectivity index (χ0v) is 21.5. The monoisotopic (exact) mass is 546 g/mol. The fraction of sp³-hybridized carbons (Fsp3) is 0.0769. The number of nitrogens with zero attached hydrogens (tertiary/aromatic N) is 3. The van der Waals surface area contributed by atoms with E-state index in [9.17, 15) is 14.4 Å². The largest absolute Gasteiger partial charge is 0.478 e. The fourth-order valence-corrected chi connectivity index (χ4v) is 5.90. The molecule has 0 spiro atoms. The third-order valence-electron chi connectivity index (χ3n) is 5.55. The lowest BCUT2D eigenvalue weighted by atomic mass is 10.1. The van der Waals surface area contributed by atoms with E-state index in [-0.39, 0.29) is 30.3 Å². The predicted octanol–water partition coefficient (Wildman–Crippen LogP) is 5.29. The average Bonchev–Trinajstić information content (AvgIpc) is 3.47. The molecule has 0 radical (unpaired) electrons. The van der Waals surface area contributed by atoms with Gasteiger partial charge in [0.15, 0.2) is 0 Å². The Morgan fingerprint density at radius 2 is 1.78 bits per heavy atom. The summed E-state index contributed by atoms with van der Waals surface area (Å²) < 4.78 is 0.403. The van der Waals surface area contributed by atoms with E-state index in [0.717, 1.165) is 27.0 Å². The number of amides is 2. The van der Waals surface area contributed by atoms with Gasteiger partial charge in [0.05, 0.1) is 21.5 Å². The van der Waals surface area contributed by atoms with Gasteiger partial charge in [0, 0.05) is 35.9 Å². The van der Waals surface area contributed by atoms with Crippen LogP contribution in [0.4, 0.5) is 5.69 Å². The minimum absolute atomic E-state index is 0.0500. The van der Waals surface area contributed by atoms with Crippen LogP contribution in [0, 0.1) is 0 Å². The van der Waals surface area contributed by atoms with Gasteiger partial charge >= 0.3 is 5.97 Å². The molecule has 2 N–H and O–H groups in total. The van der Waals surface area contributed by atoms with Crippen LogP contribution in [0.2, 0.25) is 0 Å². The Kier molecular flexibility index (Phi) is 7.08. The topological polar surface area (TPSA) is 112 Å². The summed E-state index contributed by atoms with van der Waals surface area (Å²) >= 11 is 8.12. The van der Waals surface area contributed by atoms with Gasteiger partial charge in [0.1, 0.15) is 4.32 Å². The first kappa shape index (κ1) is 24.8. The molecular formula is C26H18N4O4S3. The van der Waals surface area contributed by atoms with Crippen LogP contribution in [0.15, 0.2) is 71.2 Å². The van der Waals surface area contributed by atoms with E-state index < -0.39 is 5.97 Å². The average molecular weight is 547 g/mol. The number of fused-ring (bicyclic) bond motifs is 1. The Bertz CT molecular complexity index is 1580. The highest BCUT2D eigenvalue weighted by atomic mass is 32.2. The molecule has 1 fully saturated rings. The Labute approximate surface area is 225 Å². The van der Waals surface area contributed by atoms with E-state index in [2.05, 4.69) is 15.3 Å². The molecule has 1 aliphatic heterocycles. The van der Waals surface area contributed by atoms with Crippen LogP contribution in [0.5, 0.6) is 0 Å². The van der Waals surface area contributed by atoms with E-state index in [1.54, 1.807) is 12.4 Å². The smallest absolute Gasteiger partial charge is 0.335 e. The van der Waals surface area contributed by atoms with Crippen LogP contribution in [-0.2, 0) is 9.59 Å². The molecule has 4 aromatic rings. The van der Waals surface area contributed by atoms with Gasteiger partial charge in [-0.05, 0) is 65.0 Å². The maximum Gasteiger partial charge on any atom is 0.335 e. The number of hydrogen-bond acceptors (Lipinski definition) is 8. The summed E-state index contributed by atoms with van der Waals surface area (Å²) in [5, 5.41) is 13.7. The summed E-state index contributed by atoms with van der Waals surface area (Å²) in [6.45, 7) is 0.148. The standard InChI is InChI=1S/C26H18N4O4S3/c31-23(29-18-4-1-15(2-5-18)25(33)34)7-10-30-24(32)22(37-26(30)35)13-19-11-17(14-36-19)16-3-6-20-21(12-16)28-9-8-27-20/h1-6,8-9,11-14H,7,10H2,(H,29,31)(H,33,34). The van der Waals surface area contributed by atoms with Gasteiger partial charge in [-0.15, -0.1) is 11.3 Å². The molecule has 37 heavy (non-hydrogen) atoms. The Balaban J connectivity index is 1.22. The number of benzene rings is 2. The second-order valence-corrected chi connectivity index (χ2v) is 10.6. The Hall–Kier alpha value is -3.93. The zero-order chi connectivity index (χ0) is 25.9. The molecule has 0 atom stereocenters. The molecule has 1 aliphatic rings. The van der Waals surface area contributed by atoms with Crippen LogP contribution in [0.1, 0.15) is 21.7 Å². The highest BCUT2D eigenvalue weighted by Gasteiger charge is 2.32. The van der Waals surface area contributed by atoms with Crippen LogP contribution < -0.4 is 5.32 Å². The van der Waals surface area contributed by atoms with Crippen LogP contribution in [-0.4, -0.2) is 48.6 Å². The normalized spacial score (nSPS) is 14.5. The molecule has 2 aromatic heterocycles. The first-order valence-electron chi connectivity index (χ1n) is 11.1. The van der Waals surface area contributed by atoms with Gasteiger partial charge in [0.25, 0.3) is 5.91 Å². The molecule has 5 rings (SSSR count). The summed E-state index contributed by atoms with van der Waals surface area (Å²) in [7, 11) is 0. The lowest BCUT2D eigenvalue weighted by Crippen LogP contribution is -2.31. The quantitative estimate of drug-likeness (QED) is 0.238. The molecule has 8 nitrogen and oxygen atoms in total. The third kappa shape index (κ3) is 5.58. The van der Waals surface area contributed by atoms with Crippen molar-refractivity contribution in [1.29, 1.82) is 0 Å². The lowest BCUT2D eigenvalue weighted by Gasteiger charge is -2.14. The minimum atomic E-state index is -1.04. The van der Waals surface area contributed by atoms with Gasteiger partial charge in [-0.3, -0.25) is 24.5 Å². The molecule has 0 saturated carbocycles. The van der Waals surface area contributed by atoms with Crippen molar-refractivity contribution in [3.8, 4) is 11.1 Å². The number of carbonyl (C=O) groups is 3. The number of hydrogen-bond donors (Lipinski definition) is 2. The van der Waals surface area contributed by atoms with E-state index >= 15 is 0 Å². The van der Waals surface area contributed by atoms with Gasteiger partial charge in [-0.2, -0.15) is 0 Å². The van der Waals surface area contributed by atoms with Crippen molar-refractivity contribution in [2.75, 3.05) is 11.9 Å². The Morgan fingerprint density at radius 3 is 2.54 bits per heavy atom. The van der Waals surface area contributed by atoms with Crippen molar-refractivity contribution in [3.63, 3.8) is 0 Å². The predicted molar refractivity (Wildman–Crippen MR) is 149 cm³/mol. The lowest BCUT2D eigenvalue weighted by molar-refractivity contribution is -0.122. The molecule has 0 aliphatic carbocycles. The van der Waals surface area contributed by atoms with Crippen molar-refractivity contribution >= 4 is 80.2 Å². The van der Waals surface area contributed by atoms with E-state index in [1.165, 1.54) is 52.3 Å². The number of aromatic nitrogens is 2. The van der Waals surface area contributed by atoms with Crippen molar-refractivity contribution in [3.05, 3.63) is 81.7 Å². The summed E-state index contributed by atoms with van der Waals surface area (Å²) in [4.78, 5) is 47.8. The number of anilines is 1. The summed E-state index contributed by atoms with van der Waals surface area (Å²) in [5.41, 5.74) is 4.29. The molecule has 2 aromatic carbocycles. The molecule has 1 saturated heterocycles. The number of nitrogens with one attached hydrogen (secondary N) is 1. The highest BCUT2D eigenvalue weighted by Crippen LogP contribution is 2.35. The number of aromatic carboxylic acids is 1. The van der Waals surface area contributed by atoms with Crippen molar-refractivity contribution in [1.82, 2.24) is 14.9 Å². The Morgan fingerprint density at radius 1 is 1.03 bits per heavy atom. The van der Waals surface area contributed by atoms with Crippen LogP contribution >= 0.6 is 35.3 Å². The molecular weight excluding hydrogens is 529 g/mol. The second kappa shape index (κ2) is 10.6. The number of carbonyl (C=O) groups excluding carboxylic acids is 2. The maximum atomic E-state index is 13.0. The number of carboxylic acids is 1. The summed E-state index contributed by atoms with van der Waals surface area (Å²) in [6.07, 6.45) is 5.19. The van der Waals surface area contributed by atoms with Gasteiger partial charge in [-0.25, -0.2) is 4.79 Å². The second-order valence-electron chi connectivity index (χ2n) is 8.01. The molecule has 184 valence electrons. The summed E-state index contributed by atoms with van der Waals surface area (Å²) in [6, 6.07) is 13.8. The number of thiocarbonyl (C=S) groups is 1. The highest BCUT2D eigenvalue weighted by molar-refractivity contribution is 8.26. The maximum absolute atomic E-state index is 13.0. The molecule has 3 heterocycles. The van der Waals surface area contributed by atoms with Crippen molar-refractivity contribution in [2.45, 2.75) is 6.42 Å². The zero-order valence-electron chi connectivity index (χ0n) is 19.1. The van der Waals surface area contributed by atoms with E-state index in [0.29, 0.717) is 14.9 Å². The van der Waals surface area contributed by atoms with Gasteiger partial charge in [-0.1, -0.05) is 30.0 Å². The van der Waals surface area contributed by atoms with E-state index in [1.807, 2.05) is 35.7 Å².